The van der Waals surface area contributed by atoms with Crippen molar-refractivity contribution in [2.75, 3.05) is 6.61 Å². The van der Waals surface area contributed by atoms with Gasteiger partial charge < -0.3 is 4.74 Å². The Kier molecular flexibility index (Phi) is 7.14. The molecule has 0 amide bonds. The zero-order chi connectivity index (χ0) is 11.3. The van der Waals surface area contributed by atoms with Crippen molar-refractivity contribution in [3.63, 3.8) is 0 Å². The third-order valence-corrected chi connectivity index (χ3v) is 1.55. The molecule has 0 aromatic heterocycles. The molecule has 0 atom stereocenters. The molecular formula is C9H12FeO5Ti. The molecule has 16 heavy (non-hydrogen) atoms. The van der Waals surface area contributed by atoms with E-state index in [9.17, 15) is 0 Å². The molecule has 1 aromatic carbocycles. The van der Waals surface area contributed by atoms with E-state index in [0.717, 1.165) is 5.75 Å². The van der Waals surface area contributed by atoms with Crippen LogP contribution in [0.5, 0.6) is 5.75 Å². The first-order chi connectivity index (χ1) is 6.97. The van der Waals surface area contributed by atoms with Crippen LogP contribution in [0.15, 0.2) is 30.3 Å². The molecule has 5 nitrogen and oxygen atoms in total. The summed E-state index contributed by atoms with van der Waals surface area (Å²) >= 11 is -5.00. The summed E-state index contributed by atoms with van der Waals surface area (Å²) in [5.74, 6) is 0.991. The predicted molar refractivity (Wildman–Crippen MR) is 49.8 cm³/mol. The second-order valence-corrected chi connectivity index (χ2v) is 4.73. The van der Waals surface area contributed by atoms with Gasteiger partial charge in [0.25, 0.3) is 0 Å². The maximum atomic E-state index is 7.38. The number of hydrogen-bond acceptors (Lipinski definition) is 5. The van der Waals surface area contributed by atoms with Gasteiger partial charge >= 0.3 is 32.9 Å². The van der Waals surface area contributed by atoms with Crippen LogP contribution in [0.3, 0.4) is 0 Å². The van der Waals surface area contributed by atoms with Crippen LogP contribution in [0.1, 0.15) is 5.56 Å². The Bertz CT molecular complexity index is 344. The van der Waals surface area contributed by atoms with Crippen molar-refractivity contribution < 1.29 is 54.7 Å². The van der Waals surface area contributed by atoms with Crippen LogP contribution in [0.25, 0.3) is 6.08 Å². The van der Waals surface area contributed by atoms with Gasteiger partial charge in [-0.25, -0.2) is 0 Å². The van der Waals surface area contributed by atoms with E-state index in [2.05, 4.69) is 6.08 Å². The molecule has 2 rings (SSSR count). The van der Waals surface area contributed by atoms with Gasteiger partial charge in [-0.1, -0.05) is 24.3 Å². The summed E-state index contributed by atoms with van der Waals surface area (Å²) < 4.78 is 34.8. The Morgan fingerprint density at radius 2 is 1.62 bits per heavy atom. The van der Waals surface area contributed by atoms with E-state index < -0.39 is 18.1 Å². The Balaban J connectivity index is 0.000000330. The third kappa shape index (κ3) is 7.16. The van der Waals surface area contributed by atoms with Gasteiger partial charge in [-0.3, -0.25) is 0 Å². The minimum absolute atomic E-state index is 0. The summed E-state index contributed by atoms with van der Waals surface area (Å²) in [6.45, 7) is 0.705. The Labute approximate surface area is 109 Å². The van der Waals surface area contributed by atoms with Crippen LogP contribution >= 0.6 is 0 Å². The molecule has 1 aromatic rings. The van der Waals surface area contributed by atoms with Crippen LogP contribution in [-0.4, -0.2) is 21.4 Å². The average Bonchev–Trinajstić information content (AvgIpc) is 2.16. The minimum atomic E-state index is -5.00. The summed E-state index contributed by atoms with van der Waals surface area (Å²) in [7, 11) is 0. The number of ether oxygens (including phenoxy) is 1. The van der Waals surface area contributed by atoms with E-state index in [0.29, 0.717) is 6.61 Å². The predicted octanol–water partition coefficient (Wildman–Crippen LogP) is -0.141. The van der Waals surface area contributed by atoms with Crippen molar-refractivity contribution in [3.05, 3.63) is 35.9 Å². The summed E-state index contributed by atoms with van der Waals surface area (Å²) in [5, 5.41) is 0. The number of hydrogen-bond donors (Lipinski definition) is 4. The fraction of sp³-hybridized carbons (Fsp3) is 0.111. The summed E-state index contributed by atoms with van der Waals surface area (Å²) in [5.41, 5.74) is 1.17. The summed E-state index contributed by atoms with van der Waals surface area (Å²) in [6.07, 6.45) is 4.10. The van der Waals surface area contributed by atoms with Gasteiger partial charge in [0.1, 0.15) is 12.4 Å². The van der Waals surface area contributed by atoms with Gasteiger partial charge in [0.2, 0.25) is 0 Å². The van der Waals surface area contributed by atoms with Crippen LogP contribution in [0.4, 0.5) is 0 Å². The topological polar surface area (TPSA) is 90.2 Å². The molecule has 0 spiro atoms. The van der Waals surface area contributed by atoms with Gasteiger partial charge in [0, 0.05) is 22.6 Å². The Morgan fingerprint density at radius 3 is 2.19 bits per heavy atom. The maximum absolute atomic E-state index is 7.38. The second kappa shape index (κ2) is 7.22. The normalized spacial score (nSPS) is 12.5. The molecule has 0 unspecified atom stereocenters. The van der Waals surface area contributed by atoms with E-state index in [1.807, 2.05) is 30.3 Å². The number of benzene rings is 1. The van der Waals surface area contributed by atoms with Gasteiger partial charge in [0.05, 0.1) is 0 Å². The van der Waals surface area contributed by atoms with Crippen molar-refractivity contribution in [1.29, 1.82) is 0 Å². The monoisotopic (exact) mass is 304 g/mol. The molecule has 0 radical (unpaired) electrons. The molecule has 0 saturated carbocycles. The first-order valence-electron chi connectivity index (χ1n) is 4.24. The summed E-state index contributed by atoms with van der Waals surface area (Å²) in [4.78, 5) is 0. The van der Waals surface area contributed by atoms with Crippen molar-refractivity contribution in [1.82, 2.24) is 0 Å². The number of para-hydroxylation sites is 1. The second-order valence-electron chi connectivity index (χ2n) is 2.85. The van der Waals surface area contributed by atoms with Crippen LogP contribution < -0.4 is 4.74 Å². The van der Waals surface area contributed by atoms with Crippen LogP contribution in [0, 0.1) is 0 Å². The van der Waals surface area contributed by atoms with Crippen molar-refractivity contribution in [3.8, 4) is 5.75 Å². The SMILES string of the molecule is C1=Cc2ccccc2OC1.[Fe].[OH][Ti]([OH])([OH])[OH]. The molecular weight excluding hydrogens is 292 g/mol. The van der Waals surface area contributed by atoms with Crippen molar-refractivity contribution in [2.45, 2.75) is 0 Å². The molecule has 90 valence electrons. The van der Waals surface area contributed by atoms with Crippen LogP contribution in [0.2, 0.25) is 0 Å². The molecule has 1 aliphatic heterocycles. The molecule has 7 heteroatoms. The molecule has 0 saturated heterocycles. The zero-order valence-corrected chi connectivity index (χ0v) is 10.9. The molecule has 4 N–H and O–H groups in total. The van der Waals surface area contributed by atoms with Gasteiger partial charge in [-0.15, -0.1) is 0 Å². The Hall–Kier alpha value is -0.166. The van der Waals surface area contributed by atoms with E-state index in [1.165, 1.54) is 5.56 Å². The third-order valence-electron chi connectivity index (χ3n) is 1.55. The van der Waals surface area contributed by atoms with E-state index in [1.54, 1.807) is 0 Å². The van der Waals surface area contributed by atoms with E-state index in [-0.39, 0.29) is 17.1 Å². The number of rotatable bonds is 0. The Morgan fingerprint density at radius 1 is 1.06 bits per heavy atom. The number of fused-ring (bicyclic) bond motifs is 1. The van der Waals surface area contributed by atoms with E-state index in [4.69, 9.17) is 19.5 Å². The molecule has 0 bridgehead atoms. The quantitative estimate of drug-likeness (QED) is 0.501. The fourth-order valence-corrected chi connectivity index (χ4v) is 1.06. The first kappa shape index (κ1) is 15.8. The average molecular weight is 304 g/mol. The summed E-state index contributed by atoms with van der Waals surface area (Å²) in [6, 6.07) is 8.03. The van der Waals surface area contributed by atoms with Gasteiger partial charge in [-0.05, 0) is 12.1 Å². The van der Waals surface area contributed by atoms with Crippen molar-refractivity contribution in [2.24, 2.45) is 0 Å². The first-order valence-corrected chi connectivity index (χ1v) is 7.04. The van der Waals surface area contributed by atoms with Gasteiger partial charge in [-0.2, -0.15) is 0 Å². The molecule has 1 aliphatic rings. The molecule has 0 aliphatic carbocycles. The molecule has 0 fully saturated rings. The fourth-order valence-electron chi connectivity index (χ4n) is 1.06. The molecule has 1 heterocycles. The standard InChI is InChI=1S/C9H8O.Fe.4H2O.Ti/c1-2-6-9-8(4-1)5-3-7-10-9;;;;;;/h1-6H,7H2;;4*1H2;/q;;;;;;+4/p-4. The zero-order valence-electron chi connectivity index (χ0n) is 8.22. The van der Waals surface area contributed by atoms with Gasteiger partial charge in [0.15, 0.2) is 0 Å². The van der Waals surface area contributed by atoms with Crippen LogP contribution in [-0.2, 0) is 35.2 Å². The van der Waals surface area contributed by atoms with E-state index >= 15 is 0 Å². The van der Waals surface area contributed by atoms with Crippen molar-refractivity contribution >= 4 is 6.08 Å².